The highest BCUT2D eigenvalue weighted by molar-refractivity contribution is 5.68. The highest BCUT2D eigenvalue weighted by atomic mass is 15.1. The molecule has 0 spiro atoms. The fourth-order valence-corrected chi connectivity index (χ4v) is 3.12. The van der Waals surface area contributed by atoms with E-state index in [1.54, 1.807) is 0 Å². The maximum atomic E-state index is 2.39. The van der Waals surface area contributed by atoms with Crippen LogP contribution in [0.5, 0.6) is 0 Å². The van der Waals surface area contributed by atoms with Crippen molar-refractivity contribution in [3.8, 4) is 0 Å². The van der Waals surface area contributed by atoms with Gasteiger partial charge in [-0.05, 0) is 53.7 Å². The van der Waals surface area contributed by atoms with Crippen LogP contribution in [0.3, 0.4) is 0 Å². The second-order valence-electron chi connectivity index (χ2n) is 6.85. The molecule has 26 heavy (non-hydrogen) atoms. The van der Waals surface area contributed by atoms with E-state index < -0.39 is 0 Å². The van der Waals surface area contributed by atoms with Crippen molar-refractivity contribution in [2.45, 2.75) is 19.3 Å². The third kappa shape index (κ3) is 5.10. The van der Waals surface area contributed by atoms with Gasteiger partial charge < -0.3 is 4.90 Å². The number of allylic oxidation sites excluding steroid dienone is 2. The van der Waals surface area contributed by atoms with E-state index in [0.717, 1.165) is 19.3 Å². The van der Waals surface area contributed by atoms with Crippen molar-refractivity contribution in [3.63, 3.8) is 0 Å². The summed E-state index contributed by atoms with van der Waals surface area (Å²) in [5.74, 6) is 0. The average Bonchev–Trinajstić information content (AvgIpc) is 2.70. The van der Waals surface area contributed by atoms with E-state index in [1.165, 1.54) is 28.0 Å². The Hall–Kier alpha value is -2.80. The van der Waals surface area contributed by atoms with Crippen LogP contribution >= 0.6 is 0 Å². The van der Waals surface area contributed by atoms with Crippen LogP contribution in [0, 0.1) is 0 Å². The number of aryl methyl sites for hydroxylation is 1. The Kier molecular flexibility index (Phi) is 6.27. The molecule has 0 N–H and O–H groups in total. The molecule has 0 atom stereocenters. The minimum absolute atomic E-state index is 0.973. The normalized spacial score (nSPS) is 11.4. The minimum Gasteiger partial charge on any atom is -0.378 e. The van der Waals surface area contributed by atoms with Crippen LogP contribution in [0.2, 0.25) is 0 Å². The lowest BCUT2D eigenvalue weighted by molar-refractivity contribution is 1.01. The van der Waals surface area contributed by atoms with Crippen molar-refractivity contribution in [1.29, 1.82) is 0 Å². The molecule has 0 radical (unpaired) electrons. The lowest BCUT2D eigenvalue weighted by Gasteiger charge is -2.14. The van der Waals surface area contributed by atoms with Gasteiger partial charge in [0.2, 0.25) is 0 Å². The molecule has 1 nitrogen and oxygen atoms in total. The Balaban J connectivity index is 1.80. The summed E-state index contributed by atoms with van der Waals surface area (Å²) in [6, 6.07) is 30.3. The van der Waals surface area contributed by atoms with Gasteiger partial charge in [-0.25, -0.2) is 0 Å². The molecule has 132 valence electrons. The predicted octanol–water partition coefficient (Wildman–Crippen LogP) is 6.01. The highest BCUT2D eigenvalue weighted by Crippen LogP contribution is 2.24. The van der Waals surface area contributed by atoms with Gasteiger partial charge in [0.1, 0.15) is 0 Å². The smallest absolute Gasteiger partial charge is 0.0361 e. The van der Waals surface area contributed by atoms with Gasteiger partial charge in [-0.15, -0.1) is 0 Å². The van der Waals surface area contributed by atoms with Crippen LogP contribution in [0.4, 0.5) is 5.69 Å². The zero-order valence-corrected chi connectivity index (χ0v) is 15.7. The minimum atomic E-state index is 0.973. The van der Waals surface area contributed by atoms with Crippen molar-refractivity contribution in [2.24, 2.45) is 0 Å². The van der Waals surface area contributed by atoms with Gasteiger partial charge in [0.15, 0.2) is 0 Å². The lowest BCUT2D eigenvalue weighted by atomic mass is 9.96. The first-order chi connectivity index (χ1) is 12.7. The van der Waals surface area contributed by atoms with E-state index in [1.807, 2.05) is 0 Å². The van der Waals surface area contributed by atoms with Crippen LogP contribution < -0.4 is 4.90 Å². The molecular weight excluding hydrogens is 314 g/mol. The molecule has 1 heteroatoms. The molecule has 3 aromatic carbocycles. The van der Waals surface area contributed by atoms with Crippen LogP contribution in [0.25, 0.3) is 5.57 Å². The summed E-state index contributed by atoms with van der Waals surface area (Å²) in [6.07, 6.45) is 5.48. The second-order valence-corrected chi connectivity index (χ2v) is 6.85. The number of rotatable bonds is 7. The number of anilines is 1. The third-order valence-corrected chi connectivity index (χ3v) is 4.71. The van der Waals surface area contributed by atoms with Crippen molar-refractivity contribution in [3.05, 3.63) is 108 Å². The quantitative estimate of drug-likeness (QED) is 0.508. The molecule has 0 aliphatic carbocycles. The molecule has 0 heterocycles. The maximum Gasteiger partial charge on any atom is 0.0361 e. The second kappa shape index (κ2) is 9.05. The van der Waals surface area contributed by atoms with Crippen molar-refractivity contribution >= 4 is 11.3 Å². The summed E-state index contributed by atoms with van der Waals surface area (Å²) < 4.78 is 0. The summed E-state index contributed by atoms with van der Waals surface area (Å²) in [4.78, 5) is 2.14. The summed E-state index contributed by atoms with van der Waals surface area (Å²) >= 11 is 0. The third-order valence-electron chi connectivity index (χ3n) is 4.71. The highest BCUT2D eigenvalue weighted by Gasteiger charge is 2.04. The Morgan fingerprint density at radius 1 is 0.731 bits per heavy atom. The van der Waals surface area contributed by atoms with Crippen molar-refractivity contribution < 1.29 is 0 Å². The number of nitrogens with zero attached hydrogens (tertiary/aromatic N) is 1. The van der Waals surface area contributed by atoms with Crippen molar-refractivity contribution in [2.75, 3.05) is 19.0 Å². The molecule has 0 aliphatic rings. The summed E-state index contributed by atoms with van der Waals surface area (Å²) in [7, 11) is 4.16. The first-order valence-corrected chi connectivity index (χ1v) is 9.27. The molecule has 0 unspecified atom stereocenters. The zero-order valence-electron chi connectivity index (χ0n) is 15.7. The van der Waals surface area contributed by atoms with Crippen LogP contribution in [-0.2, 0) is 12.8 Å². The zero-order chi connectivity index (χ0) is 18.2. The van der Waals surface area contributed by atoms with E-state index in [0.29, 0.717) is 0 Å². The van der Waals surface area contributed by atoms with Gasteiger partial charge in [-0.2, -0.15) is 0 Å². The molecular formula is C25H27N. The van der Waals surface area contributed by atoms with Crippen LogP contribution in [0.15, 0.2) is 91.0 Å². The largest absolute Gasteiger partial charge is 0.378 e. The van der Waals surface area contributed by atoms with Gasteiger partial charge in [-0.1, -0.05) is 78.9 Å². The fraction of sp³-hybridized carbons (Fsp3) is 0.200. The van der Waals surface area contributed by atoms with E-state index in [9.17, 15) is 0 Å². The molecule has 0 bridgehead atoms. The van der Waals surface area contributed by atoms with Gasteiger partial charge in [-0.3, -0.25) is 0 Å². The SMILES string of the molecule is CN(C)c1ccc(C(=CCc2ccccc2)CCc2ccccc2)cc1. The van der Waals surface area contributed by atoms with Crippen molar-refractivity contribution in [1.82, 2.24) is 0 Å². The Bertz CT molecular complexity index is 815. The summed E-state index contributed by atoms with van der Waals surface area (Å²) in [5, 5.41) is 0. The molecule has 0 saturated heterocycles. The topological polar surface area (TPSA) is 3.24 Å². The first kappa shape index (κ1) is 18.0. The summed E-state index contributed by atoms with van der Waals surface area (Å²) in [5.41, 5.74) is 6.72. The molecule has 3 rings (SSSR count). The first-order valence-electron chi connectivity index (χ1n) is 9.27. The Morgan fingerprint density at radius 2 is 1.31 bits per heavy atom. The maximum absolute atomic E-state index is 2.39. The fourth-order valence-electron chi connectivity index (χ4n) is 3.12. The van der Waals surface area contributed by atoms with Gasteiger partial charge in [0, 0.05) is 19.8 Å². The molecule has 3 aromatic rings. The van der Waals surface area contributed by atoms with Gasteiger partial charge in [0.25, 0.3) is 0 Å². The Labute approximate surface area is 157 Å². The molecule has 0 amide bonds. The van der Waals surface area contributed by atoms with Gasteiger partial charge in [0.05, 0.1) is 0 Å². The molecule has 0 aromatic heterocycles. The van der Waals surface area contributed by atoms with E-state index in [2.05, 4.69) is 110 Å². The van der Waals surface area contributed by atoms with E-state index in [-0.39, 0.29) is 0 Å². The lowest BCUT2D eigenvalue weighted by Crippen LogP contribution is -2.08. The van der Waals surface area contributed by atoms with Crippen LogP contribution in [0.1, 0.15) is 23.1 Å². The molecule has 0 aliphatic heterocycles. The van der Waals surface area contributed by atoms with E-state index >= 15 is 0 Å². The van der Waals surface area contributed by atoms with Gasteiger partial charge >= 0.3 is 0 Å². The summed E-state index contributed by atoms with van der Waals surface area (Å²) in [6.45, 7) is 0. The van der Waals surface area contributed by atoms with Crippen LogP contribution in [-0.4, -0.2) is 14.1 Å². The standard InChI is InChI=1S/C25H27N/c1-26(2)25-19-17-24(18-20-25)23(15-13-21-9-5-3-6-10-21)16-14-22-11-7-4-8-12-22/h3-12,15,17-20H,13-14,16H2,1-2H3. The van der Waals surface area contributed by atoms with E-state index in [4.69, 9.17) is 0 Å². The monoisotopic (exact) mass is 341 g/mol. The number of hydrogen-bond donors (Lipinski definition) is 0. The number of benzene rings is 3. The Morgan fingerprint density at radius 3 is 1.88 bits per heavy atom. The predicted molar refractivity (Wildman–Crippen MR) is 114 cm³/mol. The number of hydrogen-bond acceptors (Lipinski definition) is 1. The molecule has 0 fully saturated rings. The average molecular weight is 341 g/mol. The molecule has 0 saturated carbocycles.